The quantitative estimate of drug-likeness (QED) is 0.663. The maximum atomic E-state index is 11.4. The number of ketones is 1. The van der Waals surface area contributed by atoms with Gasteiger partial charge in [-0.15, -0.1) is 0 Å². The van der Waals surface area contributed by atoms with Crippen molar-refractivity contribution in [1.82, 2.24) is 0 Å². The van der Waals surface area contributed by atoms with Gasteiger partial charge in [0.1, 0.15) is 0 Å². The van der Waals surface area contributed by atoms with E-state index in [0.717, 1.165) is 11.1 Å². The Morgan fingerprint density at radius 3 is 2.43 bits per heavy atom. The minimum atomic E-state index is 0.170. The number of hydrogen-bond donors (Lipinski definition) is 0. The number of carbonyl (C=O) groups excluding carboxylic acids is 1. The second-order valence-corrected chi connectivity index (χ2v) is 3.84. The number of allylic oxidation sites excluding steroid dienone is 2. The summed E-state index contributed by atoms with van der Waals surface area (Å²) < 4.78 is 0. The third-order valence-electron chi connectivity index (χ3n) is 2.49. The largest absolute Gasteiger partial charge is 0.295 e. The molecule has 2 rings (SSSR count). The Morgan fingerprint density at radius 2 is 1.93 bits per heavy atom. The van der Waals surface area contributed by atoms with Crippen molar-refractivity contribution in [2.45, 2.75) is 19.8 Å². The van der Waals surface area contributed by atoms with E-state index in [1.165, 1.54) is 12.8 Å². The molecule has 0 N–H and O–H groups in total. The minimum Gasteiger partial charge on any atom is -0.295 e. The molecule has 0 atom stereocenters. The van der Waals surface area contributed by atoms with E-state index < -0.39 is 0 Å². The van der Waals surface area contributed by atoms with Crippen molar-refractivity contribution in [2.24, 2.45) is 5.92 Å². The highest BCUT2D eigenvalue weighted by molar-refractivity contribution is 6.19. The first-order chi connectivity index (χ1) is 6.77. The van der Waals surface area contributed by atoms with Crippen LogP contribution in [0.5, 0.6) is 0 Å². The molecule has 72 valence electrons. The van der Waals surface area contributed by atoms with E-state index in [9.17, 15) is 4.79 Å². The van der Waals surface area contributed by atoms with Crippen molar-refractivity contribution >= 4 is 11.4 Å². The average Bonchev–Trinajstić information content (AvgIpc) is 2.99. The van der Waals surface area contributed by atoms with E-state index in [1.54, 1.807) is 6.92 Å². The summed E-state index contributed by atoms with van der Waals surface area (Å²) in [7, 11) is 0. The standard InChI is InChI=1S/C13H14O/c1-10(14)13(9-11-7-8-11)12-5-3-2-4-6-12/h2-6,9,11H,7-8H2,1H3/b13-9+. The molecule has 1 aliphatic carbocycles. The first-order valence-electron chi connectivity index (χ1n) is 5.05. The molecule has 0 saturated heterocycles. The van der Waals surface area contributed by atoms with Gasteiger partial charge >= 0.3 is 0 Å². The van der Waals surface area contributed by atoms with Gasteiger partial charge in [0.25, 0.3) is 0 Å². The topological polar surface area (TPSA) is 17.1 Å². The first kappa shape index (κ1) is 9.20. The molecule has 1 fully saturated rings. The summed E-state index contributed by atoms with van der Waals surface area (Å²) in [6.45, 7) is 1.64. The fourth-order valence-electron chi connectivity index (χ4n) is 1.53. The first-order valence-corrected chi connectivity index (χ1v) is 5.05. The molecule has 0 bridgehead atoms. The highest BCUT2D eigenvalue weighted by Crippen LogP contribution is 2.33. The fraction of sp³-hybridized carbons (Fsp3) is 0.308. The van der Waals surface area contributed by atoms with Crippen LogP contribution < -0.4 is 0 Å². The SMILES string of the molecule is CC(=O)/C(=C\C1CC1)c1ccccc1. The Kier molecular flexibility index (Phi) is 2.49. The summed E-state index contributed by atoms with van der Waals surface area (Å²) >= 11 is 0. The zero-order valence-corrected chi connectivity index (χ0v) is 8.36. The second kappa shape index (κ2) is 3.79. The van der Waals surface area contributed by atoms with Gasteiger partial charge in [0, 0.05) is 5.57 Å². The second-order valence-electron chi connectivity index (χ2n) is 3.84. The molecule has 0 unspecified atom stereocenters. The predicted molar refractivity (Wildman–Crippen MR) is 57.8 cm³/mol. The number of rotatable bonds is 3. The van der Waals surface area contributed by atoms with Crippen LogP contribution in [-0.4, -0.2) is 5.78 Å². The number of carbonyl (C=O) groups is 1. The van der Waals surface area contributed by atoms with E-state index >= 15 is 0 Å². The van der Waals surface area contributed by atoms with Crippen LogP contribution in [0.4, 0.5) is 0 Å². The van der Waals surface area contributed by atoms with Gasteiger partial charge in [0.15, 0.2) is 5.78 Å². The monoisotopic (exact) mass is 186 g/mol. The zero-order chi connectivity index (χ0) is 9.97. The smallest absolute Gasteiger partial charge is 0.160 e. The Morgan fingerprint density at radius 1 is 1.29 bits per heavy atom. The van der Waals surface area contributed by atoms with Gasteiger partial charge in [-0.1, -0.05) is 36.4 Å². The Bertz CT molecular complexity index is 358. The van der Waals surface area contributed by atoms with Gasteiger partial charge in [-0.05, 0) is 31.2 Å². The van der Waals surface area contributed by atoms with E-state index in [4.69, 9.17) is 0 Å². The summed E-state index contributed by atoms with van der Waals surface area (Å²) in [4.78, 5) is 11.4. The van der Waals surface area contributed by atoms with Gasteiger partial charge in [0.2, 0.25) is 0 Å². The van der Waals surface area contributed by atoms with Crippen molar-refractivity contribution in [2.75, 3.05) is 0 Å². The lowest BCUT2D eigenvalue weighted by molar-refractivity contribution is -0.111. The van der Waals surface area contributed by atoms with Gasteiger partial charge in [-0.2, -0.15) is 0 Å². The summed E-state index contributed by atoms with van der Waals surface area (Å²) in [5.41, 5.74) is 1.93. The summed E-state index contributed by atoms with van der Waals surface area (Å²) in [6.07, 6.45) is 4.60. The van der Waals surface area contributed by atoms with Crippen LogP contribution in [0.3, 0.4) is 0 Å². The van der Waals surface area contributed by atoms with Crippen molar-refractivity contribution in [3.8, 4) is 0 Å². The molecule has 1 aromatic rings. The average molecular weight is 186 g/mol. The van der Waals surface area contributed by atoms with E-state index in [2.05, 4.69) is 6.08 Å². The molecule has 1 nitrogen and oxygen atoms in total. The minimum absolute atomic E-state index is 0.170. The lowest BCUT2D eigenvalue weighted by atomic mass is 10.0. The Labute approximate surface area is 84.5 Å². The van der Waals surface area contributed by atoms with E-state index in [0.29, 0.717) is 5.92 Å². The third-order valence-corrected chi connectivity index (χ3v) is 2.49. The van der Waals surface area contributed by atoms with E-state index in [-0.39, 0.29) is 5.78 Å². The molecule has 0 spiro atoms. The highest BCUT2D eigenvalue weighted by Gasteiger charge is 2.20. The Hall–Kier alpha value is -1.37. The van der Waals surface area contributed by atoms with Crippen LogP contribution in [0.2, 0.25) is 0 Å². The molecule has 14 heavy (non-hydrogen) atoms. The van der Waals surface area contributed by atoms with Crippen LogP contribution in [0.15, 0.2) is 36.4 Å². The van der Waals surface area contributed by atoms with Crippen molar-refractivity contribution in [3.63, 3.8) is 0 Å². The molecule has 0 aromatic heterocycles. The van der Waals surface area contributed by atoms with Crippen LogP contribution in [-0.2, 0) is 4.79 Å². The molecule has 1 aliphatic rings. The van der Waals surface area contributed by atoms with E-state index in [1.807, 2.05) is 30.3 Å². The fourth-order valence-corrected chi connectivity index (χ4v) is 1.53. The molecule has 0 amide bonds. The number of Topliss-reactive ketones (excluding diaryl/α,β-unsaturated/α-hetero) is 1. The van der Waals surface area contributed by atoms with Crippen molar-refractivity contribution < 1.29 is 4.79 Å². The number of hydrogen-bond acceptors (Lipinski definition) is 1. The summed E-state index contributed by atoms with van der Waals surface area (Å²) in [6, 6.07) is 9.90. The van der Waals surface area contributed by atoms with Crippen molar-refractivity contribution in [3.05, 3.63) is 42.0 Å². The molecule has 1 saturated carbocycles. The van der Waals surface area contributed by atoms with Gasteiger partial charge in [0.05, 0.1) is 0 Å². The van der Waals surface area contributed by atoms with Crippen LogP contribution in [0.1, 0.15) is 25.3 Å². The van der Waals surface area contributed by atoms with Gasteiger partial charge in [-0.25, -0.2) is 0 Å². The van der Waals surface area contributed by atoms with Crippen LogP contribution in [0.25, 0.3) is 5.57 Å². The third kappa shape index (κ3) is 2.11. The summed E-state index contributed by atoms with van der Waals surface area (Å²) in [5.74, 6) is 0.817. The maximum Gasteiger partial charge on any atom is 0.160 e. The lowest BCUT2D eigenvalue weighted by Gasteiger charge is -2.02. The molecule has 0 radical (unpaired) electrons. The molecule has 0 aliphatic heterocycles. The molecular weight excluding hydrogens is 172 g/mol. The Balaban J connectivity index is 2.31. The highest BCUT2D eigenvalue weighted by atomic mass is 16.1. The molecular formula is C13H14O. The lowest BCUT2D eigenvalue weighted by Crippen LogP contribution is -1.96. The van der Waals surface area contributed by atoms with Crippen LogP contribution in [0, 0.1) is 5.92 Å². The van der Waals surface area contributed by atoms with Crippen LogP contribution >= 0.6 is 0 Å². The van der Waals surface area contributed by atoms with Crippen molar-refractivity contribution in [1.29, 1.82) is 0 Å². The molecule has 1 heteroatoms. The van der Waals surface area contributed by atoms with Gasteiger partial charge < -0.3 is 0 Å². The summed E-state index contributed by atoms with van der Waals surface area (Å²) in [5, 5.41) is 0. The maximum absolute atomic E-state index is 11.4. The predicted octanol–water partition coefficient (Wildman–Crippen LogP) is 3.07. The van der Waals surface area contributed by atoms with Gasteiger partial charge in [-0.3, -0.25) is 4.79 Å². The number of benzene rings is 1. The molecule has 1 aromatic carbocycles. The normalized spacial score (nSPS) is 16.8. The molecule has 0 heterocycles. The zero-order valence-electron chi connectivity index (χ0n) is 8.36.